The molecular formula is C14H15NO2S. The summed E-state index contributed by atoms with van der Waals surface area (Å²) in [6.45, 7) is 2.47. The van der Waals surface area contributed by atoms with Crippen molar-refractivity contribution < 1.29 is 9.90 Å². The Balaban J connectivity index is 1.95. The van der Waals surface area contributed by atoms with Gasteiger partial charge in [0.25, 0.3) is 5.91 Å². The van der Waals surface area contributed by atoms with Gasteiger partial charge in [0.05, 0.1) is 12.2 Å². The van der Waals surface area contributed by atoms with E-state index >= 15 is 0 Å². The van der Waals surface area contributed by atoms with Crippen molar-refractivity contribution in [3.05, 3.63) is 57.3 Å². The number of hydrogen-bond donors (Lipinski definition) is 2. The van der Waals surface area contributed by atoms with Crippen molar-refractivity contribution in [2.75, 3.05) is 0 Å². The number of nitrogens with one attached hydrogen (secondary N) is 1. The van der Waals surface area contributed by atoms with Gasteiger partial charge in [0, 0.05) is 11.9 Å². The number of aliphatic hydroxyl groups excluding tert-OH is 1. The van der Waals surface area contributed by atoms with Crippen molar-refractivity contribution in [3.8, 4) is 0 Å². The third-order valence-corrected chi connectivity index (χ3v) is 3.62. The summed E-state index contributed by atoms with van der Waals surface area (Å²) in [7, 11) is 0. The lowest BCUT2D eigenvalue weighted by molar-refractivity contribution is 0.0951. The van der Waals surface area contributed by atoms with Crippen LogP contribution in [0.2, 0.25) is 0 Å². The van der Waals surface area contributed by atoms with Gasteiger partial charge < -0.3 is 10.4 Å². The van der Waals surface area contributed by atoms with Crippen LogP contribution in [0.3, 0.4) is 0 Å². The van der Waals surface area contributed by atoms with Crippen LogP contribution in [0.15, 0.2) is 35.0 Å². The van der Waals surface area contributed by atoms with E-state index in [1.807, 2.05) is 41.9 Å². The van der Waals surface area contributed by atoms with Crippen LogP contribution in [0.1, 0.15) is 27.0 Å². The number of amides is 1. The second kappa shape index (κ2) is 5.80. The molecule has 94 valence electrons. The molecule has 1 heterocycles. The van der Waals surface area contributed by atoms with Crippen molar-refractivity contribution in [3.63, 3.8) is 0 Å². The standard InChI is InChI=1S/C14H15NO2S/c1-10-8-18-9-13(10)14(17)15-6-11-2-4-12(7-16)5-3-11/h2-5,8-9,16H,6-7H2,1H3,(H,15,17). The first-order valence-corrected chi connectivity index (χ1v) is 6.64. The highest BCUT2D eigenvalue weighted by Gasteiger charge is 2.08. The number of thiophene rings is 1. The van der Waals surface area contributed by atoms with Gasteiger partial charge in [-0.15, -0.1) is 0 Å². The van der Waals surface area contributed by atoms with E-state index < -0.39 is 0 Å². The molecule has 0 atom stereocenters. The van der Waals surface area contributed by atoms with Gasteiger partial charge in [-0.1, -0.05) is 24.3 Å². The smallest absolute Gasteiger partial charge is 0.252 e. The molecule has 3 nitrogen and oxygen atoms in total. The molecule has 0 aliphatic carbocycles. The van der Waals surface area contributed by atoms with Gasteiger partial charge in [0.2, 0.25) is 0 Å². The predicted molar refractivity (Wildman–Crippen MR) is 72.6 cm³/mol. The Morgan fingerprint density at radius 2 is 1.89 bits per heavy atom. The first kappa shape index (κ1) is 12.8. The quantitative estimate of drug-likeness (QED) is 0.888. The number of rotatable bonds is 4. The number of hydrogen-bond acceptors (Lipinski definition) is 3. The summed E-state index contributed by atoms with van der Waals surface area (Å²) in [5, 5.41) is 15.6. The maximum Gasteiger partial charge on any atom is 0.252 e. The Kier molecular flexibility index (Phi) is 4.12. The van der Waals surface area contributed by atoms with E-state index in [-0.39, 0.29) is 12.5 Å². The van der Waals surface area contributed by atoms with Crippen LogP contribution in [0.5, 0.6) is 0 Å². The van der Waals surface area contributed by atoms with E-state index in [0.29, 0.717) is 6.54 Å². The molecule has 0 radical (unpaired) electrons. The van der Waals surface area contributed by atoms with Crippen molar-refractivity contribution in [2.24, 2.45) is 0 Å². The summed E-state index contributed by atoms with van der Waals surface area (Å²) in [6.07, 6.45) is 0. The van der Waals surface area contributed by atoms with Crippen LogP contribution < -0.4 is 5.32 Å². The third-order valence-electron chi connectivity index (χ3n) is 2.76. The van der Waals surface area contributed by atoms with Crippen LogP contribution in [-0.2, 0) is 13.2 Å². The van der Waals surface area contributed by atoms with Crippen LogP contribution in [0.4, 0.5) is 0 Å². The molecule has 1 aromatic heterocycles. The fourth-order valence-corrected chi connectivity index (χ4v) is 2.46. The van der Waals surface area contributed by atoms with Gasteiger partial charge >= 0.3 is 0 Å². The Hall–Kier alpha value is -1.65. The van der Waals surface area contributed by atoms with Gasteiger partial charge in [-0.3, -0.25) is 4.79 Å². The number of carbonyl (C=O) groups is 1. The molecule has 0 fully saturated rings. The highest BCUT2D eigenvalue weighted by Crippen LogP contribution is 2.13. The van der Waals surface area contributed by atoms with E-state index in [9.17, 15) is 4.79 Å². The number of benzene rings is 1. The average Bonchev–Trinajstić information content (AvgIpc) is 2.83. The predicted octanol–water partition coefficient (Wildman–Crippen LogP) is 2.48. The Morgan fingerprint density at radius 3 is 2.44 bits per heavy atom. The van der Waals surface area contributed by atoms with E-state index in [1.54, 1.807) is 0 Å². The van der Waals surface area contributed by atoms with E-state index in [0.717, 1.165) is 22.3 Å². The highest BCUT2D eigenvalue weighted by molar-refractivity contribution is 7.08. The number of carbonyl (C=O) groups excluding carboxylic acids is 1. The van der Waals surface area contributed by atoms with E-state index in [4.69, 9.17) is 5.11 Å². The van der Waals surface area contributed by atoms with Gasteiger partial charge in [-0.2, -0.15) is 11.3 Å². The van der Waals surface area contributed by atoms with Gasteiger partial charge in [0.15, 0.2) is 0 Å². The average molecular weight is 261 g/mol. The largest absolute Gasteiger partial charge is 0.392 e. The molecule has 1 aromatic carbocycles. The molecular weight excluding hydrogens is 246 g/mol. The second-order valence-corrected chi connectivity index (χ2v) is 4.87. The van der Waals surface area contributed by atoms with Crippen molar-refractivity contribution in [2.45, 2.75) is 20.1 Å². The van der Waals surface area contributed by atoms with Crippen molar-refractivity contribution >= 4 is 17.2 Å². The second-order valence-electron chi connectivity index (χ2n) is 4.13. The molecule has 18 heavy (non-hydrogen) atoms. The maximum absolute atomic E-state index is 11.9. The Morgan fingerprint density at radius 1 is 1.22 bits per heavy atom. The minimum absolute atomic E-state index is 0.0417. The topological polar surface area (TPSA) is 49.3 Å². The number of aryl methyl sites for hydroxylation is 1. The van der Waals surface area contributed by atoms with Crippen LogP contribution >= 0.6 is 11.3 Å². The summed E-state index contributed by atoms with van der Waals surface area (Å²) >= 11 is 1.53. The van der Waals surface area contributed by atoms with Crippen molar-refractivity contribution in [1.29, 1.82) is 0 Å². The molecule has 0 aliphatic rings. The lowest BCUT2D eigenvalue weighted by Gasteiger charge is -2.05. The fourth-order valence-electron chi connectivity index (χ4n) is 1.63. The lowest BCUT2D eigenvalue weighted by Crippen LogP contribution is -2.22. The molecule has 0 aliphatic heterocycles. The summed E-state index contributed by atoms with van der Waals surface area (Å²) in [5.41, 5.74) is 3.65. The summed E-state index contributed by atoms with van der Waals surface area (Å²) < 4.78 is 0. The molecule has 0 saturated carbocycles. The minimum atomic E-state index is -0.0417. The third kappa shape index (κ3) is 2.97. The van der Waals surface area contributed by atoms with Gasteiger partial charge in [-0.25, -0.2) is 0 Å². The monoisotopic (exact) mass is 261 g/mol. The SMILES string of the molecule is Cc1cscc1C(=O)NCc1ccc(CO)cc1. The lowest BCUT2D eigenvalue weighted by atomic mass is 10.1. The summed E-state index contributed by atoms with van der Waals surface area (Å²) in [5.74, 6) is -0.0417. The number of aliphatic hydroxyl groups is 1. The Labute approximate surface area is 110 Å². The van der Waals surface area contributed by atoms with E-state index in [2.05, 4.69) is 5.32 Å². The molecule has 2 N–H and O–H groups in total. The summed E-state index contributed by atoms with van der Waals surface area (Å²) in [4.78, 5) is 11.9. The van der Waals surface area contributed by atoms with Gasteiger partial charge in [-0.05, 0) is 29.0 Å². The Bertz CT molecular complexity index is 531. The zero-order valence-corrected chi connectivity index (χ0v) is 11.0. The maximum atomic E-state index is 11.9. The van der Waals surface area contributed by atoms with Crippen molar-refractivity contribution in [1.82, 2.24) is 5.32 Å². The molecule has 1 amide bonds. The first-order valence-electron chi connectivity index (χ1n) is 5.70. The van der Waals surface area contributed by atoms with Gasteiger partial charge in [0.1, 0.15) is 0 Å². The molecule has 4 heteroatoms. The molecule has 2 aromatic rings. The highest BCUT2D eigenvalue weighted by atomic mass is 32.1. The van der Waals surface area contributed by atoms with Crippen LogP contribution in [-0.4, -0.2) is 11.0 Å². The molecule has 0 unspecified atom stereocenters. The molecule has 0 bridgehead atoms. The zero-order valence-electron chi connectivity index (χ0n) is 10.1. The minimum Gasteiger partial charge on any atom is -0.392 e. The fraction of sp³-hybridized carbons (Fsp3) is 0.214. The summed E-state index contributed by atoms with van der Waals surface area (Å²) in [6, 6.07) is 7.53. The molecule has 0 saturated heterocycles. The first-order chi connectivity index (χ1) is 8.70. The molecule has 2 rings (SSSR count). The zero-order chi connectivity index (χ0) is 13.0. The van der Waals surface area contributed by atoms with Crippen LogP contribution in [0.25, 0.3) is 0 Å². The van der Waals surface area contributed by atoms with E-state index in [1.165, 1.54) is 11.3 Å². The normalized spacial score (nSPS) is 10.3. The van der Waals surface area contributed by atoms with Crippen LogP contribution in [0, 0.1) is 6.92 Å². The molecule has 0 spiro atoms.